The van der Waals surface area contributed by atoms with Crippen molar-refractivity contribution < 1.29 is 0 Å². The van der Waals surface area contributed by atoms with Crippen molar-refractivity contribution in [2.24, 2.45) is 13.0 Å². The lowest BCUT2D eigenvalue weighted by Gasteiger charge is -2.21. The molecule has 1 aliphatic rings. The smallest absolute Gasteiger partial charge is 0.141 e. The van der Waals surface area contributed by atoms with E-state index in [1.165, 1.54) is 36.8 Å². The van der Waals surface area contributed by atoms with Crippen molar-refractivity contribution >= 4 is 27.0 Å². The molecule has 3 heteroatoms. The van der Waals surface area contributed by atoms with Crippen LogP contribution in [0, 0.1) is 5.92 Å². The average Bonchev–Trinajstić information content (AvgIpc) is 2.62. The van der Waals surface area contributed by atoms with Gasteiger partial charge in [0, 0.05) is 18.1 Å². The Morgan fingerprint density at radius 2 is 2.29 bits per heavy atom. The van der Waals surface area contributed by atoms with Gasteiger partial charge in [-0.15, -0.1) is 0 Å². The third-order valence-corrected chi connectivity index (χ3v) is 4.54. The van der Waals surface area contributed by atoms with Crippen molar-refractivity contribution in [2.75, 3.05) is 0 Å². The molecule has 0 radical (unpaired) electrons. The summed E-state index contributed by atoms with van der Waals surface area (Å²) in [6.07, 6.45) is 5.05. The number of aryl methyl sites for hydroxylation is 1. The summed E-state index contributed by atoms with van der Waals surface area (Å²) in [5.41, 5.74) is 4.16. The highest BCUT2D eigenvalue weighted by atomic mass is 79.9. The first-order chi connectivity index (χ1) is 8.20. The third-order valence-electron chi connectivity index (χ3n) is 4.10. The maximum absolute atomic E-state index is 4.61. The zero-order valence-electron chi connectivity index (χ0n) is 10.3. The fraction of sp³-hybridized carbons (Fsp3) is 0.500. The molecule has 90 valence electrons. The molecule has 2 aromatic rings. The fourth-order valence-corrected chi connectivity index (χ4v) is 3.33. The Balaban J connectivity index is 2.22. The van der Waals surface area contributed by atoms with E-state index in [2.05, 4.69) is 51.6 Å². The molecule has 0 bridgehead atoms. The molecule has 0 spiro atoms. The molecular formula is C14H17BrN2. The monoisotopic (exact) mass is 292 g/mol. The standard InChI is InChI=1S/C14H17BrN2/c1-3-9-4-6-12-11(8-9)10-5-7-13(15)16-14(10)17(12)2/h5,7,9H,3-4,6,8H2,1-2H3/t9-/m0/s1. The zero-order valence-corrected chi connectivity index (χ0v) is 11.9. The second kappa shape index (κ2) is 4.13. The normalized spacial score (nSPS) is 19.6. The van der Waals surface area contributed by atoms with E-state index in [4.69, 9.17) is 0 Å². The lowest BCUT2D eigenvalue weighted by molar-refractivity contribution is 0.439. The summed E-state index contributed by atoms with van der Waals surface area (Å²) in [4.78, 5) is 4.61. The highest BCUT2D eigenvalue weighted by Gasteiger charge is 2.23. The van der Waals surface area contributed by atoms with Gasteiger partial charge in [-0.1, -0.05) is 13.3 Å². The molecule has 0 fully saturated rings. The van der Waals surface area contributed by atoms with Crippen LogP contribution in [-0.2, 0) is 19.9 Å². The molecule has 3 rings (SSSR count). The van der Waals surface area contributed by atoms with Gasteiger partial charge in [-0.3, -0.25) is 0 Å². The summed E-state index contributed by atoms with van der Waals surface area (Å²) in [5.74, 6) is 0.858. The molecular weight excluding hydrogens is 276 g/mol. The SMILES string of the molecule is CC[C@H]1CCc2c(c3ccc(Br)nc3n2C)C1. The van der Waals surface area contributed by atoms with Crippen LogP contribution in [0.15, 0.2) is 16.7 Å². The number of hydrogen-bond acceptors (Lipinski definition) is 1. The Morgan fingerprint density at radius 3 is 3.06 bits per heavy atom. The Labute approximate surface area is 110 Å². The van der Waals surface area contributed by atoms with Crippen LogP contribution >= 0.6 is 15.9 Å². The number of nitrogens with zero attached hydrogens (tertiary/aromatic N) is 2. The molecule has 2 heterocycles. The second-order valence-corrected chi connectivity index (χ2v) is 5.82. The van der Waals surface area contributed by atoms with E-state index in [1.807, 2.05) is 0 Å². The number of halogens is 1. The minimum absolute atomic E-state index is 0.858. The Morgan fingerprint density at radius 1 is 1.47 bits per heavy atom. The summed E-state index contributed by atoms with van der Waals surface area (Å²) in [7, 11) is 2.15. The van der Waals surface area contributed by atoms with Crippen LogP contribution < -0.4 is 0 Å². The van der Waals surface area contributed by atoms with Crippen LogP contribution in [0.1, 0.15) is 31.0 Å². The van der Waals surface area contributed by atoms with Crippen LogP contribution in [0.3, 0.4) is 0 Å². The molecule has 0 aromatic carbocycles. The van der Waals surface area contributed by atoms with E-state index >= 15 is 0 Å². The van der Waals surface area contributed by atoms with Gasteiger partial charge in [-0.25, -0.2) is 4.98 Å². The maximum Gasteiger partial charge on any atom is 0.141 e. The Hall–Kier alpha value is -0.830. The van der Waals surface area contributed by atoms with Crippen molar-refractivity contribution in [1.82, 2.24) is 9.55 Å². The van der Waals surface area contributed by atoms with E-state index in [-0.39, 0.29) is 0 Å². The molecule has 1 atom stereocenters. The first kappa shape index (κ1) is 11.3. The van der Waals surface area contributed by atoms with E-state index in [0.717, 1.165) is 16.2 Å². The summed E-state index contributed by atoms with van der Waals surface area (Å²) < 4.78 is 3.20. The molecule has 2 aromatic heterocycles. The fourth-order valence-electron chi connectivity index (χ4n) is 3.03. The van der Waals surface area contributed by atoms with Gasteiger partial charge in [0.25, 0.3) is 0 Å². The van der Waals surface area contributed by atoms with Gasteiger partial charge >= 0.3 is 0 Å². The molecule has 0 N–H and O–H groups in total. The van der Waals surface area contributed by atoms with Crippen LogP contribution in [0.2, 0.25) is 0 Å². The van der Waals surface area contributed by atoms with E-state index in [1.54, 1.807) is 5.56 Å². The van der Waals surface area contributed by atoms with Crippen molar-refractivity contribution in [3.05, 3.63) is 28.0 Å². The summed E-state index contributed by atoms with van der Waals surface area (Å²) in [5, 5.41) is 1.35. The first-order valence-electron chi connectivity index (χ1n) is 6.33. The quantitative estimate of drug-likeness (QED) is 0.730. The first-order valence-corrected chi connectivity index (χ1v) is 7.12. The second-order valence-electron chi connectivity index (χ2n) is 5.01. The van der Waals surface area contributed by atoms with Gasteiger partial charge in [-0.2, -0.15) is 0 Å². The summed E-state index contributed by atoms with van der Waals surface area (Å²) in [6, 6.07) is 4.27. The minimum Gasteiger partial charge on any atom is -0.332 e. The lowest BCUT2D eigenvalue weighted by Crippen LogP contribution is -2.14. The molecule has 17 heavy (non-hydrogen) atoms. The van der Waals surface area contributed by atoms with Crippen molar-refractivity contribution in [1.29, 1.82) is 0 Å². The summed E-state index contributed by atoms with van der Waals surface area (Å²) in [6.45, 7) is 2.30. The average molecular weight is 293 g/mol. The number of pyridine rings is 1. The molecule has 0 unspecified atom stereocenters. The number of aromatic nitrogens is 2. The molecule has 0 aliphatic heterocycles. The Bertz CT molecular complexity index is 571. The van der Waals surface area contributed by atoms with Gasteiger partial charge in [0.1, 0.15) is 10.3 Å². The van der Waals surface area contributed by atoms with Crippen molar-refractivity contribution in [3.63, 3.8) is 0 Å². The molecule has 0 saturated carbocycles. The van der Waals surface area contributed by atoms with E-state index in [9.17, 15) is 0 Å². The van der Waals surface area contributed by atoms with Gasteiger partial charge in [0.2, 0.25) is 0 Å². The third kappa shape index (κ3) is 1.71. The maximum atomic E-state index is 4.61. The van der Waals surface area contributed by atoms with Gasteiger partial charge in [-0.05, 0) is 58.8 Å². The highest BCUT2D eigenvalue weighted by Crippen LogP contribution is 2.34. The molecule has 0 amide bonds. The van der Waals surface area contributed by atoms with E-state index in [0.29, 0.717) is 0 Å². The number of rotatable bonds is 1. The van der Waals surface area contributed by atoms with Crippen LogP contribution in [0.4, 0.5) is 0 Å². The summed E-state index contributed by atoms with van der Waals surface area (Å²) >= 11 is 3.46. The molecule has 1 aliphatic carbocycles. The predicted octanol–water partition coefficient (Wildman–Crippen LogP) is 3.85. The largest absolute Gasteiger partial charge is 0.332 e. The van der Waals surface area contributed by atoms with Gasteiger partial charge < -0.3 is 4.57 Å². The van der Waals surface area contributed by atoms with E-state index < -0.39 is 0 Å². The van der Waals surface area contributed by atoms with Crippen LogP contribution in [0.25, 0.3) is 11.0 Å². The van der Waals surface area contributed by atoms with Gasteiger partial charge in [0.05, 0.1) is 0 Å². The topological polar surface area (TPSA) is 17.8 Å². The van der Waals surface area contributed by atoms with Crippen LogP contribution in [-0.4, -0.2) is 9.55 Å². The number of fused-ring (bicyclic) bond motifs is 3. The van der Waals surface area contributed by atoms with Crippen LogP contribution in [0.5, 0.6) is 0 Å². The van der Waals surface area contributed by atoms with Gasteiger partial charge in [0.15, 0.2) is 0 Å². The highest BCUT2D eigenvalue weighted by molar-refractivity contribution is 9.10. The molecule has 0 saturated heterocycles. The Kier molecular flexibility index (Phi) is 2.74. The lowest BCUT2D eigenvalue weighted by atomic mass is 9.85. The molecule has 2 nitrogen and oxygen atoms in total. The van der Waals surface area contributed by atoms with Crippen molar-refractivity contribution in [2.45, 2.75) is 32.6 Å². The predicted molar refractivity (Wildman–Crippen MR) is 74.2 cm³/mol. The minimum atomic E-state index is 0.858. The van der Waals surface area contributed by atoms with Crippen molar-refractivity contribution in [3.8, 4) is 0 Å². The number of hydrogen-bond donors (Lipinski definition) is 0. The zero-order chi connectivity index (χ0) is 12.0.